The number of rotatable bonds is 5. The molecule has 1 heterocycles. The van der Waals surface area contributed by atoms with Gasteiger partial charge in [0, 0.05) is 12.6 Å². The van der Waals surface area contributed by atoms with Crippen molar-refractivity contribution in [3.63, 3.8) is 0 Å². The Morgan fingerprint density at radius 1 is 1.71 bits per heavy atom. The van der Waals surface area contributed by atoms with Gasteiger partial charge in [0.1, 0.15) is 11.0 Å². The first-order valence-corrected chi connectivity index (χ1v) is 5.62. The molecule has 4 nitrogen and oxygen atoms in total. The Labute approximate surface area is 104 Å². The number of hydrogen-bond acceptors (Lipinski definition) is 3. The lowest BCUT2D eigenvalue weighted by Gasteiger charge is -2.13. The van der Waals surface area contributed by atoms with Crippen LogP contribution in [0.2, 0.25) is 5.15 Å². The number of nitrogens with one attached hydrogen (secondary N) is 1. The minimum Gasteiger partial charge on any atom is -0.380 e. The molecule has 0 saturated carbocycles. The van der Waals surface area contributed by atoms with Crippen LogP contribution in [0.5, 0.6) is 0 Å². The van der Waals surface area contributed by atoms with Crippen LogP contribution in [0.15, 0.2) is 12.3 Å². The molecule has 0 radical (unpaired) electrons. The van der Waals surface area contributed by atoms with E-state index in [2.05, 4.69) is 10.3 Å². The van der Waals surface area contributed by atoms with Crippen molar-refractivity contribution in [1.82, 2.24) is 10.3 Å². The number of ether oxygens (including phenoxy) is 1. The van der Waals surface area contributed by atoms with Crippen LogP contribution in [0.1, 0.15) is 24.2 Å². The number of aromatic nitrogens is 1. The van der Waals surface area contributed by atoms with Crippen molar-refractivity contribution in [3.8, 4) is 0 Å². The SMILES string of the molecule is CCOCC(C)NC(=O)c1cc(F)cnc1Cl. The molecule has 1 aromatic rings. The predicted octanol–water partition coefficient (Wildman–Crippen LogP) is 2.03. The number of nitrogens with zero attached hydrogens (tertiary/aromatic N) is 1. The molecular weight excluding hydrogens is 247 g/mol. The van der Waals surface area contributed by atoms with E-state index in [1.165, 1.54) is 0 Å². The molecule has 1 unspecified atom stereocenters. The van der Waals surface area contributed by atoms with Crippen molar-refractivity contribution in [2.24, 2.45) is 0 Å². The summed E-state index contributed by atoms with van der Waals surface area (Å²) in [6, 6.07) is 0.875. The number of amides is 1. The Kier molecular flexibility index (Phi) is 5.31. The van der Waals surface area contributed by atoms with E-state index >= 15 is 0 Å². The van der Waals surface area contributed by atoms with Gasteiger partial charge >= 0.3 is 0 Å². The summed E-state index contributed by atoms with van der Waals surface area (Å²) in [4.78, 5) is 15.3. The quantitative estimate of drug-likeness (QED) is 0.824. The fourth-order valence-electron chi connectivity index (χ4n) is 1.22. The van der Waals surface area contributed by atoms with Crippen LogP contribution in [0.25, 0.3) is 0 Å². The van der Waals surface area contributed by atoms with Crippen molar-refractivity contribution in [2.75, 3.05) is 13.2 Å². The molecule has 94 valence electrons. The van der Waals surface area contributed by atoms with Crippen molar-refractivity contribution < 1.29 is 13.9 Å². The summed E-state index contributed by atoms with van der Waals surface area (Å²) in [5.74, 6) is -1.06. The molecule has 1 amide bonds. The number of carbonyl (C=O) groups excluding carboxylic acids is 1. The molecular formula is C11H14ClFN2O2. The van der Waals surface area contributed by atoms with Crippen molar-refractivity contribution in [1.29, 1.82) is 0 Å². The third kappa shape index (κ3) is 4.28. The zero-order chi connectivity index (χ0) is 12.8. The van der Waals surface area contributed by atoms with E-state index in [1.807, 2.05) is 6.92 Å². The van der Waals surface area contributed by atoms with Gasteiger partial charge in [-0.1, -0.05) is 11.6 Å². The third-order valence-corrected chi connectivity index (χ3v) is 2.30. The van der Waals surface area contributed by atoms with Gasteiger partial charge in [0.05, 0.1) is 18.4 Å². The second-order valence-electron chi connectivity index (χ2n) is 3.53. The lowest BCUT2D eigenvalue weighted by molar-refractivity contribution is 0.0871. The van der Waals surface area contributed by atoms with Gasteiger partial charge in [0.25, 0.3) is 5.91 Å². The number of carbonyl (C=O) groups is 1. The van der Waals surface area contributed by atoms with Crippen LogP contribution in [0, 0.1) is 5.82 Å². The molecule has 0 aliphatic rings. The Bertz CT molecular complexity index is 401. The third-order valence-electron chi connectivity index (χ3n) is 2.00. The predicted molar refractivity (Wildman–Crippen MR) is 62.6 cm³/mol. The number of pyridine rings is 1. The minimum absolute atomic E-state index is 0.0208. The molecule has 0 aliphatic carbocycles. The summed E-state index contributed by atoms with van der Waals surface area (Å²) in [5, 5.41) is 2.62. The Balaban J connectivity index is 2.66. The first kappa shape index (κ1) is 13.9. The molecule has 0 spiro atoms. The van der Waals surface area contributed by atoms with Crippen LogP contribution in [0.4, 0.5) is 4.39 Å². The second-order valence-corrected chi connectivity index (χ2v) is 3.88. The van der Waals surface area contributed by atoms with Gasteiger partial charge in [0.15, 0.2) is 0 Å². The molecule has 1 rings (SSSR count). The Hall–Kier alpha value is -1.20. The maximum absolute atomic E-state index is 12.9. The highest BCUT2D eigenvalue weighted by Gasteiger charge is 2.14. The topological polar surface area (TPSA) is 51.2 Å². The Morgan fingerprint density at radius 2 is 2.41 bits per heavy atom. The number of hydrogen-bond donors (Lipinski definition) is 1. The molecule has 1 atom stereocenters. The molecule has 6 heteroatoms. The zero-order valence-corrected chi connectivity index (χ0v) is 10.4. The first-order chi connectivity index (χ1) is 8.04. The van der Waals surface area contributed by atoms with Crippen LogP contribution >= 0.6 is 11.6 Å². The van der Waals surface area contributed by atoms with Crippen LogP contribution in [-0.4, -0.2) is 30.1 Å². The van der Waals surface area contributed by atoms with Crippen LogP contribution < -0.4 is 5.32 Å². The van der Waals surface area contributed by atoms with Crippen LogP contribution in [-0.2, 0) is 4.74 Å². The average molecular weight is 261 g/mol. The zero-order valence-electron chi connectivity index (χ0n) is 9.67. The smallest absolute Gasteiger partial charge is 0.254 e. The summed E-state index contributed by atoms with van der Waals surface area (Å²) in [5.41, 5.74) is 0.0232. The molecule has 0 aliphatic heterocycles. The van der Waals surface area contributed by atoms with E-state index in [4.69, 9.17) is 16.3 Å². The minimum atomic E-state index is -0.600. The monoisotopic (exact) mass is 260 g/mol. The van der Waals surface area contributed by atoms with E-state index in [-0.39, 0.29) is 16.8 Å². The van der Waals surface area contributed by atoms with E-state index < -0.39 is 11.7 Å². The summed E-state index contributed by atoms with van der Waals surface area (Å²) in [7, 11) is 0. The maximum Gasteiger partial charge on any atom is 0.254 e. The maximum atomic E-state index is 12.9. The van der Waals surface area contributed by atoms with Gasteiger partial charge in [-0.2, -0.15) is 0 Å². The lowest BCUT2D eigenvalue weighted by Crippen LogP contribution is -2.36. The van der Waals surface area contributed by atoms with Gasteiger partial charge in [-0.25, -0.2) is 9.37 Å². The van der Waals surface area contributed by atoms with Gasteiger partial charge in [-0.3, -0.25) is 4.79 Å². The standard InChI is InChI=1S/C11H14ClFN2O2/c1-3-17-6-7(2)15-11(16)9-4-8(13)5-14-10(9)12/h4-5,7H,3,6H2,1-2H3,(H,15,16). The summed E-state index contributed by atoms with van der Waals surface area (Å²) in [6.07, 6.45) is 0.961. The van der Waals surface area contributed by atoms with Crippen molar-refractivity contribution in [3.05, 3.63) is 28.8 Å². The number of halogens is 2. The Morgan fingerprint density at radius 3 is 3.06 bits per heavy atom. The molecule has 1 N–H and O–H groups in total. The van der Waals surface area contributed by atoms with E-state index in [1.54, 1.807) is 6.92 Å². The summed E-state index contributed by atoms with van der Waals surface area (Å²) >= 11 is 5.71. The highest BCUT2D eigenvalue weighted by molar-refractivity contribution is 6.32. The van der Waals surface area contributed by atoms with Gasteiger partial charge < -0.3 is 10.1 Å². The highest BCUT2D eigenvalue weighted by atomic mass is 35.5. The highest BCUT2D eigenvalue weighted by Crippen LogP contribution is 2.13. The molecule has 0 aromatic carbocycles. The van der Waals surface area contributed by atoms with Gasteiger partial charge in [-0.05, 0) is 19.9 Å². The van der Waals surface area contributed by atoms with Crippen molar-refractivity contribution >= 4 is 17.5 Å². The molecule has 0 fully saturated rings. The summed E-state index contributed by atoms with van der Waals surface area (Å²) in [6.45, 7) is 4.61. The fourth-order valence-corrected chi connectivity index (χ4v) is 1.41. The normalized spacial score (nSPS) is 12.2. The average Bonchev–Trinajstić information content (AvgIpc) is 2.29. The molecule has 0 bridgehead atoms. The fraction of sp³-hybridized carbons (Fsp3) is 0.455. The van der Waals surface area contributed by atoms with Gasteiger partial charge in [0.2, 0.25) is 0 Å². The molecule has 0 saturated heterocycles. The van der Waals surface area contributed by atoms with E-state index in [0.29, 0.717) is 13.2 Å². The summed E-state index contributed by atoms with van der Waals surface area (Å²) < 4.78 is 18.1. The second kappa shape index (κ2) is 6.51. The molecule has 17 heavy (non-hydrogen) atoms. The molecule has 1 aromatic heterocycles. The van der Waals surface area contributed by atoms with Gasteiger partial charge in [-0.15, -0.1) is 0 Å². The lowest BCUT2D eigenvalue weighted by atomic mass is 10.2. The van der Waals surface area contributed by atoms with Crippen LogP contribution in [0.3, 0.4) is 0 Å². The van der Waals surface area contributed by atoms with E-state index in [0.717, 1.165) is 12.3 Å². The largest absolute Gasteiger partial charge is 0.380 e. The first-order valence-electron chi connectivity index (χ1n) is 5.24. The van der Waals surface area contributed by atoms with E-state index in [9.17, 15) is 9.18 Å². The van der Waals surface area contributed by atoms with Crippen molar-refractivity contribution in [2.45, 2.75) is 19.9 Å².